The first-order valence-electron chi connectivity index (χ1n) is 7.61. The summed E-state index contributed by atoms with van der Waals surface area (Å²) in [5, 5.41) is 12.8. The summed E-state index contributed by atoms with van der Waals surface area (Å²) in [6.45, 7) is -0.595. The molecule has 7 nitrogen and oxygen atoms in total. The second-order valence-electron chi connectivity index (χ2n) is 5.32. The Morgan fingerprint density at radius 3 is 2.73 bits per heavy atom. The van der Waals surface area contributed by atoms with Gasteiger partial charge in [0.25, 0.3) is 0 Å². The monoisotopic (exact) mass is 384 g/mol. The lowest BCUT2D eigenvalue weighted by Gasteiger charge is -2.10. The maximum absolute atomic E-state index is 12.4. The highest BCUT2D eigenvalue weighted by atomic mass is 35.5. The van der Waals surface area contributed by atoms with Crippen molar-refractivity contribution in [1.29, 1.82) is 0 Å². The molecule has 0 radical (unpaired) electrons. The third-order valence-electron chi connectivity index (χ3n) is 3.53. The van der Waals surface area contributed by atoms with Gasteiger partial charge in [-0.3, -0.25) is 4.68 Å². The van der Waals surface area contributed by atoms with Crippen LogP contribution in [0, 0.1) is 6.92 Å². The van der Waals surface area contributed by atoms with Crippen molar-refractivity contribution in [3.05, 3.63) is 41.0 Å². The van der Waals surface area contributed by atoms with E-state index in [1.54, 1.807) is 10.9 Å². The van der Waals surface area contributed by atoms with Crippen molar-refractivity contribution >= 4 is 11.6 Å². The first-order chi connectivity index (χ1) is 12.5. The molecule has 0 saturated carbocycles. The van der Waals surface area contributed by atoms with Crippen molar-refractivity contribution in [3.63, 3.8) is 0 Å². The molecule has 0 amide bonds. The number of rotatable bonds is 7. The van der Waals surface area contributed by atoms with Gasteiger partial charge in [-0.2, -0.15) is 13.9 Å². The largest absolute Gasteiger partial charge is 0.493 e. The van der Waals surface area contributed by atoms with E-state index in [4.69, 9.17) is 20.8 Å². The van der Waals surface area contributed by atoms with Crippen LogP contribution in [0.1, 0.15) is 11.6 Å². The summed E-state index contributed by atoms with van der Waals surface area (Å²) < 4.78 is 41.5. The molecule has 2 heterocycles. The predicted octanol–water partition coefficient (Wildman–Crippen LogP) is 3.75. The molecular formula is C16H15ClF2N4O3. The Morgan fingerprint density at radius 1 is 1.27 bits per heavy atom. The number of nitrogens with zero attached hydrogens (tertiary/aromatic N) is 4. The van der Waals surface area contributed by atoms with Gasteiger partial charge in [-0.15, -0.1) is 10.2 Å². The van der Waals surface area contributed by atoms with Crippen molar-refractivity contribution < 1.29 is 22.7 Å². The van der Waals surface area contributed by atoms with Crippen molar-refractivity contribution in [2.24, 2.45) is 0 Å². The van der Waals surface area contributed by atoms with Crippen molar-refractivity contribution in [3.8, 4) is 23.0 Å². The molecule has 1 aromatic carbocycles. The molecule has 0 unspecified atom stereocenters. The quantitative estimate of drug-likeness (QED) is 0.617. The SMILES string of the molecule is COc1cc(-c2nnc(CCn3cc(Cl)c(C)n3)o2)ccc1OC(F)F. The summed E-state index contributed by atoms with van der Waals surface area (Å²) in [5.41, 5.74) is 1.27. The van der Waals surface area contributed by atoms with Gasteiger partial charge in [0.05, 0.1) is 17.8 Å². The number of halogens is 3. The summed E-state index contributed by atoms with van der Waals surface area (Å²) in [5.74, 6) is 0.730. The second kappa shape index (κ2) is 7.69. The molecule has 2 aromatic heterocycles. The van der Waals surface area contributed by atoms with E-state index in [1.807, 2.05) is 6.92 Å². The Kier molecular flexibility index (Phi) is 5.36. The standard InChI is InChI=1S/C16H15ClF2N4O3/c1-9-11(17)8-23(22-9)6-5-14-20-21-15(26-14)10-3-4-12(25-16(18)19)13(7-10)24-2/h3-4,7-8,16H,5-6H2,1-2H3. The van der Waals surface area contributed by atoms with Crippen LogP contribution >= 0.6 is 11.6 Å². The van der Waals surface area contributed by atoms with E-state index in [-0.39, 0.29) is 17.4 Å². The van der Waals surface area contributed by atoms with E-state index in [9.17, 15) is 8.78 Å². The molecule has 0 atom stereocenters. The molecule has 138 valence electrons. The van der Waals surface area contributed by atoms with E-state index in [0.717, 1.165) is 5.69 Å². The molecule has 0 N–H and O–H groups in total. The Balaban J connectivity index is 1.72. The maximum Gasteiger partial charge on any atom is 0.387 e. The first kappa shape index (κ1) is 18.1. The molecule has 0 saturated heterocycles. The third-order valence-corrected chi connectivity index (χ3v) is 3.91. The second-order valence-corrected chi connectivity index (χ2v) is 5.73. The van der Waals surface area contributed by atoms with E-state index in [0.29, 0.717) is 29.4 Å². The smallest absolute Gasteiger partial charge is 0.387 e. The van der Waals surface area contributed by atoms with Gasteiger partial charge in [-0.25, -0.2) is 0 Å². The van der Waals surface area contributed by atoms with Crippen LogP contribution < -0.4 is 9.47 Å². The zero-order valence-electron chi connectivity index (χ0n) is 13.9. The van der Waals surface area contributed by atoms with Crippen LogP contribution in [0.4, 0.5) is 8.78 Å². The predicted molar refractivity (Wildman–Crippen MR) is 88.6 cm³/mol. The number of alkyl halides is 2. The molecule has 0 aliphatic rings. The molecule has 3 aromatic rings. The fourth-order valence-electron chi connectivity index (χ4n) is 2.28. The molecular weight excluding hydrogens is 370 g/mol. The van der Waals surface area contributed by atoms with Gasteiger partial charge < -0.3 is 13.9 Å². The topological polar surface area (TPSA) is 75.2 Å². The minimum atomic E-state index is -2.94. The zero-order valence-corrected chi connectivity index (χ0v) is 14.7. The molecule has 0 aliphatic heterocycles. The fraction of sp³-hybridized carbons (Fsp3) is 0.312. The first-order valence-corrected chi connectivity index (χ1v) is 7.99. The zero-order chi connectivity index (χ0) is 18.7. The third kappa shape index (κ3) is 4.10. The molecule has 0 aliphatic carbocycles. The fourth-order valence-corrected chi connectivity index (χ4v) is 2.43. The lowest BCUT2D eigenvalue weighted by Crippen LogP contribution is -2.03. The van der Waals surface area contributed by atoms with E-state index >= 15 is 0 Å². The minimum absolute atomic E-state index is 0.0723. The van der Waals surface area contributed by atoms with E-state index < -0.39 is 6.61 Å². The average molecular weight is 385 g/mol. The lowest BCUT2D eigenvalue weighted by atomic mass is 10.2. The van der Waals surface area contributed by atoms with Gasteiger partial charge in [0, 0.05) is 24.7 Å². The van der Waals surface area contributed by atoms with Crippen LogP contribution in [-0.2, 0) is 13.0 Å². The van der Waals surface area contributed by atoms with Crippen LogP contribution in [0.15, 0.2) is 28.8 Å². The Bertz CT molecular complexity index is 878. The molecule has 10 heteroatoms. The molecule has 0 spiro atoms. The Hall–Kier alpha value is -2.68. The van der Waals surface area contributed by atoms with Crippen LogP contribution in [0.3, 0.4) is 0 Å². The highest BCUT2D eigenvalue weighted by molar-refractivity contribution is 6.31. The Morgan fingerprint density at radius 2 is 2.08 bits per heavy atom. The molecule has 26 heavy (non-hydrogen) atoms. The van der Waals surface area contributed by atoms with Gasteiger partial charge in [-0.05, 0) is 25.1 Å². The highest BCUT2D eigenvalue weighted by Gasteiger charge is 2.15. The average Bonchev–Trinajstić information content (AvgIpc) is 3.20. The van der Waals surface area contributed by atoms with Gasteiger partial charge >= 0.3 is 6.61 Å². The number of ether oxygens (including phenoxy) is 2. The summed E-state index contributed by atoms with van der Waals surface area (Å²) in [6, 6.07) is 4.39. The van der Waals surface area contributed by atoms with E-state index in [1.165, 1.54) is 25.3 Å². The number of methoxy groups -OCH3 is 1. The van der Waals surface area contributed by atoms with Gasteiger partial charge in [-0.1, -0.05) is 11.6 Å². The van der Waals surface area contributed by atoms with Crippen LogP contribution in [0.2, 0.25) is 5.02 Å². The number of hydrogen-bond acceptors (Lipinski definition) is 6. The van der Waals surface area contributed by atoms with Crippen LogP contribution in [-0.4, -0.2) is 33.7 Å². The van der Waals surface area contributed by atoms with Gasteiger partial charge in [0.1, 0.15) is 0 Å². The summed E-state index contributed by atoms with van der Waals surface area (Å²) in [7, 11) is 1.36. The van der Waals surface area contributed by atoms with Crippen LogP contribution in [0.25, 0.3) is 11.5 Å². The number of aryl methyl sites for hydroxylation is 3. The van der Waals surface area contributed by atoms with E-state index in [2.05, 4.69) is 20.0 Å². The summed E-state index contributed by atoms with van der Waals surface area (Å²) in [6.07, 6.45) is 2.19. The normalized spacial score (nSPS) is 11.2. The number of aromatic nitrogens is 4. The van der Waals surface area contributed by atoms with Gasteiger partial charge in [0.15, 0.2) is 11.5 Å². The number of hydrogen-bond donors (Lipinski definition) is 0. The van der Waals surface area contributed by atoms with Gasteiger partial charge in [0.2, 0.25) is 11.8 Å². The minimum Gasteiger partial charge on any atom is -0.493 e. The Labute approximate surface area is 152 Å². The van der Waals surface area contributed by atoms with Crippen molar-refractivity contribution in [2.45, 2.75) is 26.5 Å². The van der Waals surface area contributed by atoms with Crippen molar-refractivity contribution in [1.82, 2.24) is 20.0 Å². The summed E-state index contributed by atoms with van der Waals surface area (Å²) in [4.78, 5) is 0. The molecule has 0 fully saturated rings. The van der Waals surface area contributed by atoms with Crippen molar-refractivity contribution in [2.75, 3.05) is 7.11 Å². The number of benzene rings is 1. The van der Waals surface area contributed by atoms with Crippen LogP contribution in [0.5, 0.6) is 11.5 Å². The molecule has 3 rings (SSSR count). The maximum atomic E-state index is 12.4. The summed E-state index contributed by atoms with van der Waals surface area (Å²) >= 11 is 5.96. The lowest BCUT2D eigenvalue weighted by molar-refractivity contribution is -0.0512. The highest BCUT2D eigenvalue weighted by Crippen LogP contribution is 2.33. The molecule has 0 bridgehead atoms.